The molecular formula is C53H78N4O15. The quantitative estimate of drug-likeness (QED) is 0.0419. The second-order valence-corrected chi connectivity index (χ2v) is 20.3. The average Bonchev–Trinajstić information content (AvgIpc) is 3.65. The molecule has 3 unspecified atom stereocenters. The summed E-state index contributed by atoms with van der Waals surface area (Å²) >= 11 is 0. The number of fused-ring (bicyclic) bond motifs is 5. The zero-order valence-electron chi connectivity index (χ0n) is 42.7. The molecule has 3 aliphatic rings. The average molecular weight is 1010 g/mol. The van der Waals surface area contributed by atoms with Crippen LogP contribution in [0.1, 0.15) is 121 Å². The molecule has 72 heavy (non-hydrogen) atoms. The summed E-state index contributed by atoms with van der Waals surface area (Å²) in [6, 6.07) is 9.48. The number of carboxylic acid groups (broad SMARTS) is 2. The van der Waals surface area contributed by atoms with E-state index in [0.29, 0.717) is 89.2 Å². The van der Waals surface area contributed by atoms with E-state index in [1.54, 1.807) is 32.9 Å². The highest BCUT2D eigenvalue weighted by atomic mass is 16.6. The van der Waals surface area contributed by atoms with Crippen molar-refractivity contribution in [3.05, 3.63) is 59.2 Å². The second kappa shape index (κ2) is 28.1. The number of rotatable bonds is 30. The van der Waals surface area contributed by atoms with Gasteiger partial charge in [-0.15, -0.1) is 0 Å². The summed E-state index contributed by atoms with van der Waals surface area (Å²) in [5.74, 6) is -0.543. The Morgan fingerprint density at radius 2 is 1.40 bits per heavy atom. The normalized spacial score (nSPS) is 21.4. The van der Waals surface area contributed by atoms with Gasteiger partial charge in [0.25, 0.3) is 0 Å². The number of carboxylic acids is 2. The number of benzene rings is 2. The van der Waals surface area contributed by atoms with Crippen LogP contribution in [0.5, 0.6) is 11.5 Å². The summed E-state index contributed by atoms with van der Waals surface area (Å²) in [4.78, 5) is 72.3. The van der Waals surface area contributed by atoms with Gasteiger partial charge in [-0.05, 0) is 150 Å². The Hall–Kier alpha value is -5.50. The van der Waals surface area contributed by atoms with Crippen LogP contribution in [0.2, 0.25) is 0 Å². The fourth-order valence-electron chi connectivity index (χ4n) is 10.4. The van der Waals surface area contributed by atoms with Gasteiger partial charge in [0.2, 0.25) is 5.91 Å². The van der Waals surface area contributed by atoms with Gasteiger partial charge >= 0.3 is 29.9 Å². The fraction of sp³-hybridized carbons (Fsp3) is 0.660. The van der Waals surface area contributed by atoms with Crippen LogP contribution in [0.4, 0.5) is 4.79 Å². The molecule has 0 heterocycles. The zero-order valence-corrected chi connectivity index (χ0v) is 42.7. The van der Waals surface area contributed by atoms with E-state index in [-0.39, 0.29) is 49.2 Å². The third-order valence-corrected chi connectivity index (χ3v) is 13.8. The van der Waals surface area contributed by atoms with Gasteiger partial charge in [0, 0.05) is 25.3 Å². The van der Waals surface area contributed by atoms with Gasteiger partial charge in [-0.3, -0.25) is 14.4 Å². The van der Waals surface area contributed by atoms with E-state index < -0.39 is 54.1 Å². The smallest absolute Gasteiger partial charge is 0.329 e. The van der Waals surface area contributed by atoms with Crippen molar-refractivity contribution >= 4 is 35.8 Å². The molecule has 2 aromatic carbocycles. The predicted molar refractivity (Wildman–Crippen MR) is 265 cm³/mol. The van der Waals surface area contributed by atoms with Crippen molar-refractivity contribution in [2.24, 2.45) is 23.0 Å². The minimum absolute atomic E-state index is 0.0480. The van der Waals surface area contributed by atoms with Crippen LogP contribution in [0, 0.1) is 17.3 Å². The summed E-state index contributed by atoms with van der Waals surface area (Å²) in [6.45, 7) is 12.5. The molecule has 2 saturated carbocycles. The highest BCUT2D eigenvalue weighted by molar-refractivity contribution is 5.87. The maximum absolute atomic E-state index is 12.9. The van der Waals surface area contributed by atoms with E-state index >= 15 is 0 Å². The lowest BCUT2D eigenvalue weighted by molar-refractivity contribution is -0.157. The van der Waals surface area contributed by atoms with Crippen molar-refractivity contribution < 1.29 is 72.1 Å². The molecule has 0 aliphatic heterocycles. The minimum Gasteiger partial charge on any atom is -0.491 e. The van der Waals surface area contributed by atoms with E-state index in [9.17, 15) is 33.9 Å². The number of aliphatic carboxylic acids is 2. The summed E-state index contributed by atoms with van der Waals surface area (Å²) < 4.78 is 40.0. The molecule has 0 bridgehead atoms. The minimum atomic E-state index is -1.47. The van der Waals surface area contributed by atoms with Crippen LogP contribution >= 0.6 is 0 Å². The molecular weight excluding hydrogens is 933 g/mol. The standard InChI is InChI=1S/C53H78N4O15/c1-34(58)71-46-19-17-42-41-15-11-36-33-38(14-16-39(36)40(41)21-22-53(42,46)5)70-31-29-68-27-25-66-24-26-67-28-30-69-37-12-9-35(10-13-37)32-43(54)48(61)55-23-7-6-8-45(50(64)72-52(2,3)4)57-51(65)56-44(49(62)63)18-20-47(59)60/h9-10,12-14,16,33,40-46H,6-8,11,15,17-32,54H2,1-5H3,(H,55,61)(H,59,60)(H,62,63)(H2,56,57,65)/t40-,41-,42+,43?,44?,45?,46+,53+/m0/s1. The second-order valence-electron chi connectivity index (χ2n) is 20.3. The number of nitrogens with one attached hydrogen (secondary N) is 3. The molecule has 0 saturated heterocycles. The summed E-state index contributed by atoms with van der Waals surface area (Å²) in [6.07, 6.45) is 7.05. The molecule has 19 heteroatoms. The third kappa shape index (κ3) is 18.2. The molecule has 8 atom stereocenters. The molecule has 0 spiro atoms. The van der Waals surface area contributed by atoms with Crippen molar-refractivity contribution in [1.82, 2.24) is 16.0 Å². The first-order chi connectivity index (χ1) is 34.3. The zero-order chi connectivity index (χ0) is 52.3. The number of nitrogens with two attached hydrogens (primary N) is 1. The maximum Gasteiger partial charge on any atom is 0.329 e. The number of carbonyl (C=O) groups excluding carboxylic acids is 4. The Morgan fingerprint density at radius 3 is 2.03 bits per heavy atom. The Balaban J connectivity index is 0.865. The highest BCUT2D eigenvalue weighted by Gasteiger charge is 2.56. The highest BCUT2D eigenvalue weighted by Crippen LogP contribution is 2.61. The van der Waals surface area contributed by atoms with Crippen molar-refractivity contribution in [1.29, 1.82) is 0 Å². The molecule has 19 nitrogen and oxygen atoms in total. The molecule has 2 aromatic rings. The number of hydrogen-bond acceptors (Lipinski definition) is 14. The van der Waals surface area contributed by atoms with Crippen LogP contribution < -0.4 is 31.2 Å². The Morgan fingerprint density at radius 1 is 0.778 bits per heavy atom. The number of esters is 2. The molecule has 3 amide bonds. The van der Waals surface area contributed by atoms with E-state index in [2.05, 4.69) is 41.1 Å². The number of ether oxygens (including phenoxy) is 7. The Bertz CT molecular complexity index is 2100. The van der Waals surface area contributed by atoms with Gasteiger partial charge in [0.05, 0.1) is 45.7 Å². The lowest BCUT2D eigenvalue weighted by Gasteiger charge is -2.50. The lowest BCUT2D eigenvalue weighted by Crippen LogP contribution is -2.52. The molecule has 400 valence electrons. The lowest BCUT2D eigenvalue weighted by atomic mass is 9.55. The predicted octanol–water partition coefficient (Wildman–Crippen LogP) is 5.47. The molecule has 2 fully saturated rings. The van der Waals surface area contributed by atoms with Gasteiger partial charge in [-0.25, -0.2) is 14.4 Å². The third-order valence-electron chi connectivity index (χ3n) is 13.8. The molecule has 7 N–H and O–H groups in total. The number of amides is 3. The first-order valence-electron chi connectivity index (χ1n) is 25.5. The number of urea groups is 1. The van der Waals surface area contributed by atoms with E-state index in [1.807, 2.05) is 12.1 Å². The van der Waals surface area contributed by atoms with Crippen molar-refractivity contribution in [3.8, 4) is 11.5 Å². The van der Waals surface area contributed by atoms with Crippen LogP contribution in [-0.4, -0.2) is 135 Å². The van der Waals surface area contributed by atoms with Crippen LogP contribution in [0.15, 0.2) is 42.5 Å². The van der Waals surface area contributed by atoms with Crippen molar-refractivity contribution in [2.45, 2.75) is 147 Å². The number of carbonyl (C=O) groups is 6. The molecule has 0 radical (unpaired) electrons. The first-order valence-corrected chi connectivity index (χ1v) is 25.5. The number of unbranched alkanes of at least 4 members (excludes halogenated alkanes) is 1. The molecule has 3 aliphatic carbocycles. The number of aryl methyl sites for hydroxylation is 1. The Labute approximate surface area is 423 Å². The monoisotopic (exact) mass is 1010 g/mol. The molecule has 0 aromatic heterocycles. The van der Waals surface area contributed by atoms with Gasteiger partial charge in [-0.1, -0.05) is 25.1 Å². The Kier molecular flexibility index (Phi) is 22.4. The van der Waals surface area contributed by atoms with Gasteiger partial charge in [-0.2, -0.15) is 0 Å². The first kappa shape index (κ1) is 57.4. The van der Waals surface area contributed by atoms with Gasteiger partial charge in [0.15, 0.2) is 0 Å². The number of hydrogen-bond donors (Lipinski definition) is 6. The summed E-state index contributed by atoms with van der Waals surface area (Å²) in [7, 11) is 0. The topological polar surface area (TPSA) is 270 Å². The van der Waals surface area contributed by atoms with Gasteiger partial charge in [0.1, 0.15) is 48.5 Å². The fourth-order valence-corrected chi connectivity index (χ4v) is 10.4. The van der Waals surface area contributed by atoms with Crippen molar-refractivity contribution in [2.75, 3.05) is 59.4 Å². The maximum atomic E-state index is 12.9. The van der Waals surface area contributed by atoms with Crippen molar-refractivity contribution in [3.63, 3.8) is 0 Å². The van der Waals surface area contributed by atoms with E-state index in [1.165, 1.54) is 24.5 Å². The summed E-state index contributed by atoms with van der Waals surface area (Å²) in [5, 5.41) is 25.7. The SMILES string of the molecule is CC(=O)O[C@@H]1CC[C@@H]2[C@H]3CCc4cc(OCCOCCOCCOCCOc5ccc(CC(N)C(=O)NCCCCC(NC(=O)NC(CCC(=O)O)C(=O)O)C(=O)OC(C)(C)C)cc5)ccc4[C@@H]3CC[C@]21C. The molecule has 5 rings (SSSR count). The van der Waals surface area contributed by atoms with E-state index in [0.717, 1.165) is 43.4 Å². The van der Waals surface area contributed by atoms with Crippen LogP contribution in [-0.2, 0) is 60.5 Å². The van der Waals surface area contributed by atoms with Crippen LogP contribution in [0.25, 0.3) is 0 Å². The summed E-state index contributed by atoms with van der Waals surface area (Å²) in [5.41, 5.74) is 9.12. The van der Waals surface area contributed by atoms with Crippen LogP contribution in [0.3, 0.4) is 0 Å². The van der Waals surface area contributed by atoms with Gasteiger partial charge < -0.3 is 65.1 Å². The largest absolute Gasteiger partial charge is 0.491 e. The van der Waals surface area contributed by atoms with E-state index in [4.69, 9.17) is 44.0 Å².